The molecule has 2 heterocycles. The van der Waals surface area contributed by atoms with Crippen LogP contribution in [0.1, 0.15) is 12.8 Å². The molecule has 0 amide bonds. The molecule has 0 aromatic carbocycles. The zero-order valence-electron chi connectivity index (χ0n) is 8.73. The first-order valence-corrected chi connectivity index (χ1v) is 6.20. The Morgan fingerprint density at radius 1 is 1.40 bits per heavy atom. The molecule has 1 saturated heterocycles. The van der Waals surface area contributed by atoms with Crippen LogP contribution in [-0.4, -0.2) is 29.3 Å². The Balaban J connectivity index is 2.28. The first kappa shape index (κ1) is 10.5. The summed E-state index contributed by atoms with van der Waals surface area (Å²) in [4.78, 5) is 11.0. The summed E-state index contributed by atoms with van der Waals surface area (Å²) < 4.78 is 0. The van der Waals surface area contributed by atoms with Gasteiger partial charge in [0.1, 0.15) is 11.6 Å². The Morgan fingerprint density at radius 3 is 2.73 bits per heavy atom. The van der Waals surface area contributed by atoms with E-state index in [4.69, 9.17) is 5.84 Å². The number of hydrazine groups is 1. The van der Waals surface area contributed by atoms with Gasteiger partial charge in [-0.15, -0.1) is 0 Å². The summed E-state index contributed by atoms with van der Waals surface area (Å²) >= 11 is 1.53. The third-order valence-corrected chi connectivity index (χ3v) is 3.00. The highest BCUT2D eigenvalue weighted by atomic mass is 32.2. The van der Waals surface area contributed by atoms with Crippen molar-refractivity contribution in [2.24, 2.45) is 5.84 Å². The number of anilines is 2. The number of rotatable bonds is 3. The molecule has 5 nitrogen and oxygen atoms in total. The Labute approximate surface area is 93.4 Å². The first-order valence-electron chi connectivity index (χ1n) is 4.98. The van der Waals surface area contributed by atoms with Crippen molar-refractivity contribution < 1.29 is 0 Å². The van der Waals surface area contributed by atoms with E-state index in [1.807, 2.05) is 12.3 Å². The van der Waals surface area contributed by atoms with E-state index in [9.17, 15) is 0 Å². The van der Waals surface area contributed by atoms with Crippen LogP contribution in [0.15, 0.2) is 11.2 Å². The summed E-state index contributed by atoms with van der Waals surface area (Å²) in [7, 11) is 0. The van der Waals surface area contributed by atoms with E-state index in [0.717, 1.165) is 24.1 Å². The van der Waals surface area contributed by atoms with Gasteiger partial charge in [-0.2, -0.15) is 0 Å². The summed E-state index contributed by atoms with van der Waals surface area (Å²) in [5.74, 6) is 7.02. The molecule has 3 N–H and O–H groups in total. The maximum Gasteiger partial charge on any atom is 0.191 e. The molecular formula is C9H15N5S. The molecule has 1 aliphatic rings. The maximum absolute atomic E-state index is 5.37. The molecule has 0 spiro atoms. The van der Waals surface area contributed by atoms with Crippen LogP contribution in [0.5, 0.6) is 0 Å². The molecule has 1 aliphatic heterocycles. The maximum atomic E-state index is 5.37. The molecule has 0 saturated carbocycles. The normalized spacial score (nSPS) is 15.7. The average Bonchev–Trinajstić information content (AvgIpc) is 2.81. The molecule has 0 atom stereocenters. The van der Waals surface area contributed by atoms with Gasteiger partial charge in [0.05, 0.1) is 0 Å². The first-order chi connectivity index (χ1) is 7.33. The largest absolute Gasteiger partial charge is 0.356 e. The van der Waals surface area contributed by atoms with Gasteiger partial charge >= 0.3 is 0 Å². The standard InChI is InChI=1S/C9H15N5S/c1-15-9-11-7(13-10)6-8(12-9)14-4-2-3-5-14/h6H,2-5,10H2,1H3,(H,11,12,13). The molecular weight excluding hydrogens is 210 g/mol. The van der Waals surface area contributed by atoms with E-state index < -0.39 is 0 Å². The third-order valence-electron chi connectivity index (χ3n) is 2.45. The molecule has 0 aliphatic carbocycles. The lowest BCUT2D eigenvalue weighted by molar-refractivity contribution is 0.879. The highest BCUT2D eigenvalue weighted by Gasteiger charge is 2.15. The van der Waals surface area contributed by atoms with Crippen LogP contribution in [-0.2, 0) is 0 Å². The van der Waals surface area contributed by atoms with Gasteiger partial charge in [0.15, 0.2) is 5.16 Å². The number of nitrogens with one attached hydrogen (secondary N) is 1. The van der Waals surface area contributed by atoms with Crippen molar-refractivity contribution in [1.82, 2.24) is 9.97 Å². The summed E-state index contributed by atoms with van der Waals surface area (Å²) in [6, 6.07) is 1.89. The second-order valence-corrected chi connectivity index (χ2v) is 4.21. The fourth-order valence-corrected chi connectivity index (χ4v) is 2.06. The van der Waals surface area contributed by atoms with Gasteiger partial charge in [0.25, 0.3) is 0 Å². The van der Waals surface area contributed by atoms with Gasteiger partial charge < -0.3 is 10.3 Å². The molecule has 1 aromatic rings. The number of nitrogens with zero attached hydrogens (tertiary/aromatic N) is 3. The molecule has 15 heavy (non-hydrogen) atoms. The molecule has 1 aromatic heterocycles. The number of nitrogen functional groups attached to an aromatic ring is 1. The predicted octanol–water partition coefficient (Wildman–Crippen LogP) is 1.08. The topological polar surface area (TPSA) is 67.1 Å². The Hall–Kier alpha value is -1.01. The van der Waals surface area contributed by atoms with Crippen LogP contribution in [0, 0.1) is 0 Å². The third kappa shape index (κ3) is 2.32. The van der Waals surface area contributed by atoms with Crippen LogP contribution < -0.4 is 16.2 Å². The highest BCUT2D eigenvalue weighted by molar-refractivity contribution is 7.98. The lowest BCUT2D eigenvalue weighted by Crippen LogP contribution is -2.20. The fraction of sp³-hybridized carbons (Fsp3) is 0.556. The monoisotopic (exact) mass is 225 g/mol. The zero-order valence-corrected chi connectivity index (χ0v) is 9.55. The molecule has 1 fully saturated rings. The second kappa shape index (κ2) is 4.67. The van der Waals surface area contributed by atoms with E-state index >= 15 is 0 Å². The molecule has 6 heteroatoms. The zero-order chi connectivity index (χ0) is 10.7. The molecule has 0 unspecified atom stereocenters. The van der Waals surface area contributed by atoms with Crippen molar-refractivity contribution in [3.8, 4) is 0 Å². The van der Waals surface area contributed by atoms with E-state index in [-0.39, 0.29) is 0 Å². The van der Waals surface area contributed by atoms with E-state index in [1.54, 1.807) is 0 Å². The van der Waals surface area contributed by atoms with Gasteiger partial charge in [-0.05, 0) is 19.1 Å². The molecule has 0 bridgehead atoms. The summed E-state index contributed by atoms with van der Waals surface area (Å²) in [6.07, 6.45) is 4.44. The van der Waals surface area contributed by atoms with Crippen molar-refractivity contribution in [3.05, 3.63) is 6.07 Å². The van der Waals surface area contributed by atoms with Crippen LogP contribution >= 0.6 is 11.8 Å². The van der Waals surface area contributed by atoms with Gasteiger partial charge in [0, 0.05) is 19.2 Å². The van der Waals surface area contributed by atoms with E-state index in [1.165, 1.54) is 24.6 Å². The minimum atomic E-state index is 0.677. The van der Waals surface area contributed by atoms with Gasteiger partial charge in [0.2, 0.25) is 0 Å². The van der Waals surface area contributed by atoms with Crippen molar-refractivity contribution in [2.75, 3.05) is 29.7 Å². The number of hydrogen-bond acceptors (Lipinski definition) is 6. The van der Waals surface area contributed by atoms with Gasteiger partial charge in [-0.3, -0.25) is 0 Å². The smallest absolute Gasteiger partial charge is 0.191 e. The van der Waals surface area contributed by atoms with Crippen molar-refractivity contribution in [3.63, 3.8) is 0 Å². The fourth-order valence-electron chi connectivity index (χ4n) is 1.69. The average molecular weight is 225 g/mol. The number of nitrogens with two attached hydrogens (primary N) is 1. The predicted molar refractivity (Wildman–Crippen MR) is 63.1 cm³/mol. The van der Waals surface area contributed by atoms with Crippen LogP contribution in [0.25, 0.3) is 0 Å². The number of thioether (sulfide) groups is 1. The molecule has 0 radical (unpaired) electrons. The summed E-state index contributed by atoms with van der Waals surface area (Å²) in [5.41, 5.74) is 2.57. The van der Waals surface area contributed by atoms with Crippen molar-refractivity contribution in [2.45, 2.75) is 18.0 Å². The van der Waals surface area contributed by atoms with Gasteiger partial charge in [-0.1, -0.05) is 11.8 Å². The van der Waals surface area contributed by atoms with Crippen molar-refractivity contribution >= 4 is 23.4 Å². The SMILES string of the molecule is CSc1nc(NN)cc(N2CCCC2)n1. The van der Waals surface area contributed by atoms with Crippen LogP contribution in [0.3, 0.4) is 0 Å². The van der Waals surface area contributed by atoms with E-state index in [0.29, 0.717) is 5.82 Å². The van der Waals surface area contributed by atoms with Gasteiger partial charge in [-0.25, -0.2) is 15.8 Å². The van der Waals surface area contributed by atoms with Crippen molar-refractivity contribution in [1.29, 1.82) is 0 Å². The van der Waals surface area contributed by atoms with Crippen LogP contribution in [0.2, 0.25) is 0 Å². The van der Waals surface area contributed by atoms with E-state index in [2.05, 4.69) is 20.3 Å². The Morgan fingerprint density at radius 2 is 2.13 bits per heavy atom. The quantitative estimate of drug-likeness (QED) is 0.347. The highest BCUT2D eigenvalue weighted by Crippen LogP contribution is 2.22. The minimum Gasteiger partial charge on any atom is -0.356 e. The molecule has 2 rings (SSSR count). The minimum absolute atomic E-state index is 0.677. The van der Waals surface area contributed by atoms with Crippen LogP contribution in [0.4, 0.5) is 11.6 Å². The molecule has 82 valence electrons. The number of hydrogen-bond donors (Lipinski definition) is 2. The second-order valence-electron chi connectivity index (χ2n) is 3.44. The lowest BCUT2D eigenvalue weighted by Gasteiger charge is -2.17. The number of aromatic nitrogens is 2. The Bertz CT molecular complexity index is 315. The lowest BCUT2D eigenvalue weighted by atomic mass is 10.4. The summed E-state index contributed by atoms with van der Waals surface area (Å²) in [6.45, 7) is 2.16. The summed E-state index contributed by atoms with van der Waals surface area (Å²) in [5, 5.41) is 0.757. The Kier molecular flexibility index (Phi) is 3.27.